The molecule has 1 N–H and O–H groups in total. The van der Waals surface area contributed by atoms with E-state index < -0.39 is 0 Å². The third kappa shape index (κ3) is 3.71. The van der Waals surface area contributed by atoms with E-state index in [1.165, 1.54) is 5.56 Å². The summed E-state index contributed by atoms with van der Waals surface area (Å²) in [6.45, 7) is 5.02. The van der Waals surface area contributed by atoms with Crippen LogP contribution in [0.2, 0.25) is 0 Å². The second-order valence-corrected chi connectivity index (χ2v) is 7.76. The molecule has 4 rings (SSSR count). The van der Waals surface area contributed by atoms with Gasteiger partial charge in [0, 0.05) is 12.6 Å². The SMILES string of the molecule is COc1ccc(CCNc2nc(-c3cccs3)nc3c2ncn3C(C)C)cc1. The Labute approximate surface area is 168 Å². The average Bonchev–Trinajstić information content (AvgIpc) is 3.38. The molecule has 0 radical (unpaired) electrons. The maximum Gasteiger partial charge on any atom is 0.173 e. The van der Waals surface area contributed by atoms with E-state index in [0.717, 1.165) is 46.4 Å². The normalized spacial score (nSPS) is 11.3. The topological polar surface area (TPSA) is 64.9 Å². The average molecular weight is 394 g/mol. The van der Waals surface area contributed by atoms with Crippen LogP contribution in [-0.4, -0.2) is 33.2 Å². The van der Waals surface area contributed by atoms with E-state index in [-0.39, 0.29) is 6.04 Å². The molecule has 7 heteroatoms. The Morgan fingerprint density at radius 1 is 1.14 bits per heavy atom. The number of hydrogen-bond donors (Lipinski definition) is 1. The number of benzene rings is 1. The Morgan fingerprint density at radius 2 is 1.96 bits per heavy atom. The number of nitrogens with one attached hydrogen (secondary N) is 1. The van der Waals surface area contributed by atoms with Gasteiger partial charge in [-0.3, -0.25) is 0 Å². The lowest BCUT2D eigenvalue weighted by Gasteiger charge is -2.11. The van der Waals surface area contributed by atoms with Gasteiger partial charge in [-0.25, -0.2) is 15.0 Å². The van der Waals surface area contributed by atoms with Crippen molar-refractivity contribution in [3.05, 3.63) is 53.7 Å². The molecular weight excluding hydrogens is 370 g/mol. The summed E-state index contributed by atoms with van der Waals surface area (Å²) >= 11 is 1.64. The Balaban J connectivity index is 1.61. The smallest absolute Gasteiger partial charge is 0.173 e. The molecule has 0 aliphatic carbocycles. The van der Waals surface area contributed by atoms with Crippen LogP contribution in [0.4, 0.5) is 5.82 Å². The van der Waals surface area contributed by atoms with E-state index in [1.807, 2.05) is 36.0 Å². The number of rotatable bonds is 7. The second-order valence-electron chi connectivity index (χ2n) is 6.82. The Morgan fingerprint density at radius 3 is 2.64 bits per heavy atom. The molecule has 0 fully saturated rings. The van der Waals surface area contributed by atoms with Crippen molar-refractivity contribution in [2.45, 2.75) is 26.3 Å². The summed E-state index contributed by atoms with van der Waals surface area (Å²) in [4.78, 5) is 15.2. The summed E-state index contributed by atoms with van der Waals surface area (Å²) < 4.78 is 7.31. The zero-order valence-electron chi connectivity index (χ0n) is 16.2. The molecule has 0 unspecified atom stereocenters. The van der Waals surface area contributed by atoms with Gasteiger partial charge in [0.15, 0.2) is 17.3 Å². The lowest BCUT2D eigenvalue weighted by Crippen LogP contribution is -2.09. The number of ether oxygens (including phenoxy) is 1. The van der Waals surface area contributed by atoms with E-state index in [2.05, 4.69) is 40.8 Å². The first-order chi connectivity index (χ1) is 13.7. The van der Waals surface area contributed by atoms with Crippen molar-refractivity contribution in [3.63, 3.8) is 0 Å². The van der Waals surface area contributed by atoms with E-state index in [9.17, 15) is 0 Å². The van der Waals surface area contributed by atoms with Gasteiger partial charge < -0.3 is 14.6 Å². The van der Waals surface area contributed by atoms with Gasteiger partial charge in [-0.1, -0.05) is 18.2 Å². The predicted octanol–water partition coefficient (Wildman–Crippen LogP) is 4.80. The van der Waals surface area contributed by atoms with Gasteiger partial charge in [-0.05, 0) is 49.4 Å². The van der Waals surface area contributed by atoms with E-state index in [1.54, 1.807) is 18.4 Å². The van der Waals surface area contributed by atoms with Crippen LogP contribution >= 0.6 is 11.3 Å². The maximum atomic E-state index is 5.22. The van der Waals surface area contributed by atoms with Gasteiger partial charge in [-0.2, -0.15) is 0 Å². The molecule has 3 aromatic heterocycles. The van der Waals surface area contributed by atoms with E-state index in [0.29, 0.717) is 0 Å². The van der Waals surface area contributed by atoms with Crippen molar-refractivity contribution in [1.29, 1.82) is 0 Å². The lowest BCUT2D eigenvalue weighted by molar-refractivity contribution is 0.414. The van der Waals surface area contributed by atoms with Gasteiger partial charge in [0.05, 0.1) is 18.3 Å². The minimum Gasteiger partial charge on any atom is -0.497 e. The van der Waals surface area contributed by atoms with Crippen LogP contribution in [0.15, 0.2) is 48.1 Å². The van der Waals surface area contributed by atoms with Gasteiger partial charge in [0.2, 0.25) is 0 Å². The molecule has 1 aromatic carbocycles. The monoisotopic (exact) mass is 393 g/mol. The summed E-state index contributed by atoms with van der Waals surface area (Å²) in [5.74, 6) is 2.38. The fourth-order valence-corrected chi connectivity index (χ4v) is 3.71. The Kier molecular flexibility index (Phi) is 5.25. The number of nitrogens with zero attached hydrogens (tertiary/aromatic N) is 4. The molecule has 4 aromatic rings. The molecule has 0 aliphatic heterocycles. The fourth-order valence-electron chi connectivity index (χ4n) is 3.05. The van der Waals surface area contributed by atoms with Crippen molar-refractivity contribution < 1.29 is 4.74 Å². The number of imidazole rings is 1. The standard InChI is InChI=1S/C21H23N5OS/c1-14(2)26-13-23-18-20(22-11-10-15-6-8-16(27-3)9-7-15)24-19(25-21(18)26)17-5-4-12-28-17/h4-9,12-14H,10-11H2,1-3H3,(H,22,24,25). The Hall–Kier alpha value is -2.93. The molecule has 28 heavy (non-hydrogen) atoms. The molecule has 0 amide bonds. The third-order valence-electron chi connectivity index (χ3n) is 4.58. The summed E-state index contributed by atoms with van der Waals surface area (Å²) in [5.41, 5.74) is 2.91. The minimum absolute atomic E-state index is 0.281. The number of fused-ring (bicyclic) bond motifs is 1. The van der Waals surface area contributed by atoms with Crippen molar-refractivity contribution in [2.75, 3.05) is 19.0 Å². The highest BCUT2D eigenvalue weighted by atomic mass is 32.1. The molecule has 6 nitrogen and oxygen atoms in total. The van der Waals surface area contributed by atoms with Crippen LogP contribution in [-0.2, 0) is 6.42 Å². The van der Waals surface area contributed by atoms with Crippen LogP contribution in [0.25, 0.3) is 21.9 Å². The summed E-state index contributed by atoms with van der Waals surface area (Å²) in [6.07, 6.45) is 2.73. The molecule has 3 heterocycles. The molecule has 0 spiro atoms. The number of thiophene rings is 1. The minimum atomic E-state index is 0.281. The molecular formula is C21H23N5OS. The third-order valence-corrected chi connectivity index (χ3v) is 5.45. The summed E-state index contributed by atoms with van der Waals surface area (Å²) in [7, 11) is 1.68. The predicted molar refractivity (Wildman–Crippen MR) is 114 cm³/mol. The molecule has 0 saturated heterocycles. The van der Waals surface area contributed by atoms with Gasteiger partial charge >= 0.3 is 0 Å². The quantitative estimate of drug-likeness (QED) is 0.489. The number of hydrogen-bond acceptors (Lipinski definition) is 6. The van der Waals surface area contributed by atoms with E-state index in [4.69, 9.17) is 14.7 Å². The van der Waals surface area contributed by atoms with Gasteiger partial charge in [0.25, 0.3) is 0 Å². The van der Waals surface area contributed by atoms with Crippen molar-refractivity contribution >= 4 is 28.3 Å². The van der Waals surface area contributed by atoms with Crippen LogP contribution in [0.3, 0.4) is 0 Å². The zero-order chi connectivity index (χ0) is 19.5. The molecule has 0 atom stereocenters. The second kappa shape index (κ2) is 7.98. The van der Waals surface area contributed by atoms with Crippen molar-refractivity contribution in [1.82, 2.24) is 19.5 Å². The number of aromatic nitrogens is 4. The summed E-state index contributed by atoms with van der Waals surface area (Å²) in [6, 6.07) is 12.5. The first-order valence-electron chi connectivity index (χ1n) is 9.31. The van der Waals surface area contributed by atoms with Gasteiger partial charge in [-0.15, -0.1) is 11.3 Å². The van der Waals surface area contributed by atoms with Crippen molar-refractivity contribution in [3.8, 4) is 16.5 Å². The molecule has 0 saturated carbocycles. The highest BCUT2D eigenvalue weighted by Crippen LogP contribution is 2.28. The van der Waals surface area contributed by atoms with E-state index >= 15 is 0 Å². The number of anilines is 1. The lowest BCUT2D eigenvalue weighted by atomic mass is 10.1. The largest absolute Gasteiger partial charge is 0.497 e. The van der Waals surface area contributed by atoms with Crippen LogP contribution in [0, 0.1) is 0 Å². The van der Waals surface area contributed by atoms with Crippen molar-refractivity contribution in [2.24, 2.45) is 0 Å². The first-order valence-corrected chi connectivity index (χ1v) is 10.2. The Bertz CT molecular complexity index is 1050. The van der Waals surface area contributed by atoms with Gasteiger partial charge in [0.1, 0.15) is 11.3 Å². The molecule has 0 aliphatic rings. The first kappa shape index (κ1) is 18.4. The fraction of sp³-hybridized carbons (Fsp3) is 0.286. The maximum absolute atomic E-state index is 5.22. The number of methoxy groups -OCH3 is 1. The molecule has 0 bridgehead atoms. The zero-order valence-corrected chi connectivity index (χ0v) is 17.0. The molecule has 144 valence electrons. The summed E-state index contributed by atoms with van der Waals surface area (Å²) in [5, 5.41) is 5.51. The van der Waals surface area contributed by atoms with Crippen LogP contribution < -0.4 is 10.1 Å². The van der Waals surface area contributed by atoms with Crippen LogP contribution in [0.5, 0.6) is 5.75 Å². The highest BCUT2D eigenvalue weighted by molar-refractivity contribution is 7.13. The van der Waals surface area contributed by atoms with Crippen LogP contribution in [0.1, 0.15) is 25.5 Å². The highest BCUT2D eigenvalue weighted by Gasteiger charge is 2.16.